The Kier molecular flexibility index (Phi) is 4.41. The molecule has 0 amide bonds. The van der Waals surface area contributed by atoms with Gasteiger partial charge in [0.1, 0.15) is 0 Å². The molecule has 0 aromatic heterocycles. The summed E-state index contributed by atoms with van der Waals surface area (Å²) in [4.78, 5) is 0. The van der Waals surface area contributed by atoms with E-state index >= 15 is 0 Å². The van der Waals surface area contributed by atoms with E-state index in [1.807, 2.05) is 7.05 Å². The lowest BCUT2D eigenvalue weighted by Gasteiger charge is -2.28. The number of likely N-dealkylation sites (N-methyl/N-ethyl adjacent to an activating group) is 1. The summed E-state index contributed by atoms with van der Waals surface area (Å²) in [6.07, 6.45) is 2.95. The van der Waals surface area contributed by atoms with Crippen LogP contribution in [0.25, 0.3) is 0 Å². The standard InChI is InChI=1S/C16H25NO/c1-5-18-16(13-7-8-13)15(17-4)14-9-6-11(2)10-12(14)3/h6,9-10,13,15-17H,5,7-8H2,1-4H3. The van der Waals surface area contributed by atoms with Crippen molar-refractivity contribution in [1.29, 1.82) is 0 Å². The summed E-state index contributed by atoms with van der Waals surface area (Å²) >= 11 is 0. The maximum absolute atomic E-state index is 6.00. The molecule has 2 heteroatoms. The Morgan fingerprint density at radius 2 is 2.06 bits per heavy atom. The van der Waals surface area contributed by atoms with E-state index in [0.717, 1.165) is 12.5 Å². The Bertz CT molecular complexity index is 398. The molecule has 1 fully saturated rings. The molecule has 2 atom stereocenters. The second kappa shape index (κ2) is 5.85. The third-order valence-electron chi connectivity index (χ3n) is 3.85. The Morgan fingerprint density at radius 3 is 2.56 bits per heavy atom. The topological polar surface area (TPSA) is 21.3 Å². The Labute approximate surface area is 111 Å². The monoisotopic (exact) mass is 247 g/mol. The van der Waals surface area contributed by atoms with Crippen LogP contribution in [0.5, 0.6) is 0 Å². The number of nitrogens with one attached hydrogen (secondary N) is 1. The summed E-state index contributed by atoms with van der Waals surface area (Å²) in [7, 11) is 2.04. The minimum absolute atomic E-state index is 0.318. The van der Waals surface area contributed by atoms with Crippen LogP contribution in [0.1, 0.15) is 42.5 Å². The lowest BCUT2D eigenvalue weighted by atomic mass is 9.93. The zero-order valence-electron chi connectivity index (χ0n) is 12.0. The smallest absolute Gasteiger partial charge is 0.0797 e. The fraction of sp³-hybridized carbons (Fsp3) is 0.625. The van der Waals surface area contributed by atoms with Gasteiger partial charge in [0.15, 0.2) is 0 Å². The van der Waals surface area contributed by atoms with Crippen molar-refractivity contribution in [2.75, 3.05) is 13.7 Å². The van der Waals surface area contributed by atoms with Gasteiger partial charge >= 0.3 is 0 Å². The Balaban J connectivity index is 2.25. The van der Waals surface area contributed by atoms with Gasteiger partial charge in [-0.3, -0.25) is 0 Å². The molecule has 18 heavy (non-hydrogen) atoms. The molecule has 1 aliphatic rings. The molecule has 0 spiro atoms. The molecule has 1 aliphatic carbocycles. The zero-order valence-corrected chi connectivity index (χ0v) is 12.0. The van der Waals surface area contributed by atoms with Crippen LogP contribution in [0, 0.1) is 19.8 Å². The number of hydrogen-bond donors (Lipinski definition) is 1. The molecule has 0 saturated heterocycles. The zero-order chi connectivity index (χ0) is 13.1. The van der Waals surface area contributed by atoms with Gasteiger partial charge in [0.2, 0.25) is 0 Å². The van der Waals surface area contributed by atoms with E-state index in [-0.39, 0.29) is 0 Å². The van der Waals surface area contributed by atoms with E-state index in [4.69, 9.17) is 4.74 Å². The molecule has 2 nitrogen and oxygen atoms in total. The van der Waals surface area contributed by atoms with E-state index in [1.54, 1.807) is 0 Å². The summed E-state index contributed by atoms with van der Waals surface area (Å²) in [5, 5.41) is 3.46. The van der Waals surface area contributed by atoms with Gasteiger partial charge in [0, 0.05) is 6.61 Å². The lowest BCUT2D eigenvalue weighted by molar-refractivity contribution is 0.0203. The van der Waals surface area contributed by atoms with Crippen LogP contribution in [-0.2, 0) is 4.74 Å². The van der Waals surface area contributed by atoms with E-state index in [2.05, 4.69) is 44.3 Å². The summed E-state index contributed by atoms with van der Waals surface area (Å²) in [6, 6.07) is 7.02. The average molecular weight is 247 g/mol. The van der Waals surface area contributed by atoms with Crippen LogP contribution in [0.15, 0.2) is 18.2 Å². The lowest BCUT2D eigenvalue weighted by Crippen LogP contribution is -2.34. The van der Waals surface area contributed by atoms with Crippen molar-refractivity contribution >= 4 is 0 Å². The summed E-state index contributed by atoms with van der Waals surface area (Å²) in [5.41, 5.74) is 4.07. The fourth-order valence-electron chi connectivity index (χ4n) is 2.79. The third-order valence-corrected chi connectivity index (χ3v) is 3.85. The number of rotatable bonds is 6. The number of hydrogen-bond acceptors (Lipinski definition) is 2. The van der Waals surface area contributed by atoms with Gasteiger partial charge in [-0.2, -0.15) is 0 Å². The normalized spacial score (nSPS) is 18.7. The highest BCUT2D eigenvalue weighted by Gasteiger charge is 2.37. The van der Waals surface area contributed by atoms with E-state index in [9.17, 15) is 0 Å². The van der Waals surface area contributed by atoms with Crippen LogP contribution in [-0.4, -0.2) is 19.8 Å². The van der Waals surface area contributed by atoms with Gasteiger partial charge in [0.25, 0.3) is 0 Å². The van der Waals surface area contributed by atoms with Crippen LogP contribution < -0.4 is 5.32 Å². The molecule has 1 saturated carbocycles. The highest BCUT2D eigenvalue weighted by atomic mass is 16.5. The molecule has 1 N–H and O–H groups in total. The molecule has 2 rings (SSSR count). The molecule has 2 unspecified atom stereocenters. The quantitative estimate of drug-likeness (QED) is 0.832. The van der Waals surface area contributed by atoms with Crippen molar-refractivity contribution in [2.24, 2.45) is 5.92 Å². The maximum Gasteiger partial charge on any atom is 0.0797 e. The van der Waals surface area contributed by atoms with Crippen molar-refractivity contribution in [2.45, 2.75) is 45.8 Å². The molecule has 0 radical (unpaired) electrons. The van der Waals surface area contributed by atoms with Gasteiger partial charge in [-0.05, 0) is 57.7 Å². The van der Waals surface area contributed by atoms with Gasteiger partial charge in [0.05, 0.1) is 12.1 Å². The minimum atomic E-state index is 0.318. The third kappa shape index (κ3) is 2.93. The largest absolute Gasteiger partial charge is 0.376 e. The minimum Gasteiger partial charge on any atom is -0.376 e. The fourth-order valence-corrected chi connectivity index (χ4v) is 2.79. The predicted molar refractivity (Wildman–Crippen MR) is 75.9 cm³/mol. The SMILES string of the molecule is CCOC(C1CC1)C(NC)c1ccc(C)cc1C. The number of aryl methyl sites for hydroxylation is 2. The van der Waals surface area contributed by atoms with E-state index < -0.39 is 0 Å². The first-order valence-corrected chi connectivity index (χ1v) is 7.03. The first-order chi connectivity index (χ1) is 8.67. The molecule has 0 bridgehead atoms. The summed E-state index contributed by atoms with van der Waals surface area (Å²) < 4.78 is 6.00. The molecule has 1 aromatic carbocycles. The van der Waals surface area contributed by atoms with Crippen molar-refractivity contribution in [3.8, 4) is 0 Å². The molecule has 100 valence electrons. The van der Waals surface area contributed by atoms with Crippen LogP contribution in [0.3, 0.4) is 0 Å². The Hall–Kier alpha value is -0.860. The predicted octanol–water partition coefficient (Wildman–Crippen LogP) is 3.38. The van der Waals surface area contributed by atoms with Crippen LogP contribution in [0.4, 0.5) is 0 Å². The average Bonchev–Trinajstić information content (AvgIpc) is 3.15. The summed E-state index contributed by atoms with van der Waals surface area (Å²) in [5.74, 6) is 0.739. The number of ether oxygens (including phenoxy) is 1. The summed E-state index contributed by atoms with van der Waals surface area (Å²) in [6.45, 7) is 7.23. The molecular weight excluding hydrogens is 222 g/mol. The first kappa shape index (κ1) is 13.6. The van der Waals surface area contributed by atoms with Gasteiger partial charge < -0.3 is 10.1 Å². The van der Waals surface area contributed by atoms with Gasteiger partial charge in [-0.25, -0.2) is 0 Å². The highest BCUT2D eigenvalue weighted by molar-refractivity contribution is 5.33. The van der Waals surface area contributed by atoms with Crippen molar-refractivity contribution < 1.29 is 4.74 Å². The van der Waals surface area contributed by atoms with Crippen LogP contribution >= 0.6 is 0 Å². The first-order valence-electron chi connectivity index (χ1n) is 7.03. The highest BCUT2D eigenvalue weighted by Crippen LogP contribution is 2.40. The molecule has 1 aromatic rings. The van der Waals surface area contributed by atoms with Gasteiger partial charge in [-0.1, -0.05) is 23.8 Å². The second-order valence-corrected chi connectivity index (χ2v) is 5.38. The number of benzene rings is 1. The maximum atomic E-state index is 6.00. The van der Waals surface area contributed by atoms with Crippen molar-refractivity contribution in [1.82, 2.24) is 5.32 Å². The van der Waals surface area contributed by atoms with Crippen molar-refractivity contribution in [3.63, 3.8) is 0 Å². The van der Waals surface area contributed by atoms with E-state index in [1.165, 1.54) is 29.5 Å². The second-order valence-electron chi connectivity index (χ2n) is 5.38. The molecule has 0 aliphatic heterocycles. The Morgan fingerprint density at radius 1 is 1.33 bits per heavy atom. The van der Waals surface area contributed by atoms with Gasteiger partial charge in [-0.15, -0.1) is 0 Å². The van der Waals surface area contributed by atoms with Crippen molar-refractivity contribution in [3.05, 3.63) is 34.9 Å². The van der Waals surface area contributed by atoms with Crippen LogP contribution in [0.2, 0.25) is 0 Å². The van der Waals surface area contributed by atoms with E-state index in [0.29, 0.717) is 12.1 Å². The molecule has 0 heterocycles. The molecular formula is C16H25NO.